The van der Waals surface area contributed by atoms with Gasteiger partial charge in [-0.1, -0.05) is 19.3 Å². The van der Waals surface area contributed by atoms with Crippen LogP contribution in [-0.4, -0.2) is 59.4 Å². The molecule has 2 aliphatic heterocycles. The summed E-state index contributed by atoms with van der Waals surface area (Å²) >= 11 is 1.90. The summed E-state index contributed by atoms with van der Waals surface area (Å²) in [5.74, 6) is 5.93. The van der Waals surface area contributed by atoms with E-state index in [0.29, 0.717) is 37.6 Å². The zero-order chi connectivity index (χ0) is 24.8. The lowest BCUT2D eigenvalue weighted by atomic mass is 9.92. The molecule has 0 aliphatic carbocycles. The SMILES string of the molecule is CC12CS[C@@H](CCCCC(=O)NCCCCCC(=O)NCCCCCC(=O)NN)[C@H]1NC(=O)N2. The lowest BCUT2D eigenvalue weighted by molar-refractivity contribution is -0.122. The van der Waals surface area contributed by atoms with Crippen LogP contribution in [0.4, 0.5) is 4.79 Å². The van der Waals surface area contributed by atoms with Crippen LogP contribution in [0.1, 0.15) is 84.0 Å². The van der Waals surface area contributed by atoms with Crippen LogP contribution in [0.2, 0.25) is 0 Å². The highest BCUT2D eigenvalue weighted by Gasteiger charge is 2.51. The number of hydrogen-bond donors (Lipinski definition) is 6. The van der Waals surface area contributed by atoms with Crippen molar-refractivity contribution in [1.82, 2.24) is 26.7 Å². The molecule has 2 heterocycles. The average molecular weight is 499 g/mol. The molecule has 3 atom stereocenters. The first-order valence-electron chi connectivity index (χ1n) is 12.6. The zero-order valence-corrected chi connectivity index (χ0v) is 21.2. The average Bonchev–Trinajstić information content (AvgIpc) is 3.27. The van der Waals surface area contributed by atoms with E-state index in [9.17, 15) is 19.2 Å². The Morgan fingerprint density at radius 3 is 2.06 bits per heavy atom. The summed E-state index contributed by atoms with van der Waals surface area (Å²) in [7, 11) is 0. The third-order valence-corrected chi connectivity index (χ3v) is 8.15. The van der Waals surface area contributed by atoms with E-state index in [1.54, 1.807) is 0 Å². The van der Waals surface area contributed by atoms with E-state index in [4.69, 9.17) is 5.84 Å². The number of carbonyl (C=O) groups excluding carboxylic acids is 4. The second-order valence-electron chi connectivity index (χ2n) is 9.48. The molecule has 194 valence electrons. The summed E-state index contributed by atoms with van der Waals surface area (Å²) in [6, 6.07) is 0.109. The zero-order valence-electron chi connectivity index (χ0n) is 20.4. The number of urea groups is 1. The molecule has 1 unspecified atom stereocenters. The summed E-state index contributed by atoms with van der Waals surface area (Å²) in [6.07, 6.45) is 9.36. The van der Waals surface area contributed by atoms with Gasteiger partial charge in [-0.25, -0.2) is 10.6 Å². The van der Waals surface area contributed by atoms with Crippen LogP contribution in [0, 0.1) is 0 Å². The molecule has 11 heteroatoms. The maximum Gasteiger partial charge on any atom is 0.315 e. The van der Waals surface area contributed by atoms with Crippen molar-refractivity contribution in [2.75, 3.05) is 18.8 Å². The Morgan fingerprint density at radius 2 is 1.47 bits per heavy atom. The molecule has 0 bridgehead atoms. The first kappa shape index (κ1) is 28.2. The van der Waals surface area contributed by atoms with Crippen LogP contribution < -0.4 is 32.5 Å². The summed E-state index contributed by atoms with van der Waals surface area (Å²) in [4.78, 5) is 46.4. The molecule has 0 aromatic rings. The molecule has 0 aromatic heterocycles. The summed E-state index contributed by atoms with van der Waals surface area (Å²) in [5, 5.41) is 12.3. The van der Waals surface area contributed by atoms with Gasteiger partial charge in [-0.3, -0.25) is 19.8 Å². The highest BCUT2D eigenvalue weighted by atomic mass is 32.2. The van der Waals surface area contributed by atoms with E-state index in [2.05, 4.69) is 33.6 Å². The van der Waals surface area contributed by atoms with E-state index in [0.717, 1.165) is 63.5 Å². The van der Waals surface area contributed by atoms with Crippen LogP contribution in [0.3, 0.4) is 0 Å². The lowest BCUT2D eigenvalue weighted by Gasteiger charge is -2.23. The Labute approximate surface area is 207 Å². The van der Waals surface area contributed by atoms with E-state index in [1.807, 2.05) is 11.8 Å². The molecule has 2 aliphatic rings. The minimum absolute atomic E-state index is 0.0532. The summed E-state index contributed by atoms with van der Waals surface area (Å²) in [6.45, 7) is 3.37. The first-order valence-corrected chi connectivity index (χ1v) is 13.6. The Hall–Kier alpha value is -2.01. The standard InChI is InChI=1S/C23H42N6O4S/c1-23-16-34-17(21(23)27-22(33)28-23)10-6-7-12-19(31)26-14-8-2-4-11-18(30)25-15-9-3-5-13-20(32)29-24/h17,21H,2-16,24H2,1H3,(H,25,30)(H,26,31)(H,29,32)(H2,27,28,33)/t17-,21+,23?/m0/s1. The topological polar surface area (TPSA) is 154 Å². The van der Waals surface area contributed by atoms with Gasteiger partial charge in [-0.05, 0) is 45.4 Å². The molecule has 0 spiro atoms. The fourth-order valence-corrected chi connectivity index (χ4v) is 6.15. The number of nitrogens with two attached hydrogens (primary N) is 1. The second kappa shape index (κ2) is 15.1. The minimum atomic E-state index is -0.162. The molecule has 0 aromatic carbocycles. The van der Waals surface area contributed by atoms with Gasteiger partial charge < -0.3 is 21.3 Å². The van der Waals surface area contributed by atoms with Gasteiger partial charge in [0.05, 0.1) is 11.6 Å². The molecular formula is C23H42N6O4S. The molecule has 2 rings (SSSR count). The van der Waals surface area contributed by atoms with Gasteiger partial charge in [0.15, 0.2) is 0 Å². The van der Waals surface area contributed by atoms with Gasteiger partial charge >= 0.3 is 6.03 Å². The number of unbranched alkanes of at least 4 members (excludes halogenated alkanes) is 5. The number of hydrazine groups is 1. The summed E-state index contributed by atoms with van der Waals surface area (Å²) < 4.78 is 0. The highest BCUT2D eigenvalue weighted by Crippen LogP contribution is 2.39. The predicted octanol–water partition coefficient (Wildman–Crippen LogP) is 1.45. The number of rotatable bonds is 17. The van der Waals surface area contributed by atoms with Crippen molar-refractivity contribution in [2.24, 2.45) is 5.84 Å². The smallest absolute Gasteiger partial charge is 0.315 e. The molecule has 7 N–H and O–H groups in total. The quantitative estimate of drug-likeness (QED) is 0.0586. The first-order chi connectivity index (χ1) is 16.3. The van der Waals surface area contributed by atoms with Gasteiger partial charge in [-0.2, -0.15) is 11.8 Å². The maximum atomic E-state index is 12.0. The van der Waals surface area contributed by atoms with Crippen LogP contribution in [0.5, 0.6) is 0 Å². The molecule has 10 nitrogen and oxygen atoms in total. The van der Waals surface area contributed by atoms with Crippen molar-refractivity contribution >= 4 is 35.5 Å². The van der Waals surface area contributed by atoms with E-state index in [-0.39, 0.29) is 35.3 Å². The van der Waals surface area contributed by atoms with Gasteiger partial charge in [0, 0.05) is 43.4 Å². The molecule has 5 amide bonds. The fraction of sp³-hybridized carbons (Fsp3) is 0.826. The monoisotopic (exact) mass is 498 g/mol. The van der Waals surface area contributed by atoms with Crippen molar-refractivity contribution in [2.45, 2.75) is 101 Å². The van der Waals surface area contributed by atoms with E-state index in [1.165, 1.54) is 0 Å². The number of nitrogens with one attached hydrogen (secondary N) is 5. The van der Waals surface area contributed by atoms with E-state index < -0.39 is 0 Å². The summed E-state index contributed by atoms with van der Waals surface area (Å²) in [5.41, 5.74) is 1.96. The van der Waals surface area contributed by atoms with Gasteiger partial charge in [-0.15, -0.1) is 0 Å². The van der Waals surface area contributed by atoms with Gasteiger partial charge in [0.2, 0.25) is 17.7 Å². The Kier molecular flexibility index (Phi) is 12.5. The molecule has 2 fully saturated rings. The van der Waals surface area contributed by atoms with Crippen LogP contribution >= 0.6 is 11.8 Å². The maximum absolute atomic E-state index is 12.0. The lowest BCUT2D eigenvalue weighted by Crippen LogP contribution is -2.47. The number of fused-ring (bicyclic) bond motifs is 1. The van der Waals surface area contributed by atoms with E-state index >= 15 is 0 Å². The molecular weight excluding hydrogens is 456 g/mol. The highest BCUT2D eigenvalue weighted by molar-refractivity contribution is 8.00. The molecule has 0 radical (unpaired) electrons. The minimum Gasteiger partial charge on any atom is -0.356 e. The largest absolute Gasteiger partial charge is 0.356 e. The number of carbonyl (C=O) groups is 4. The van der Waals surface area contributed by atoms with Crippen LogP contribution in [0.25, 0.3) is 0 Å². The van der Waals surface area contributed by atoms with Crippen molar-refractivity contribution in [3.63, 3.8) is 0 Å². The van der Waals surface area contributed by atoms with Gasteiger partial charge in [0.25, 0.3) is 0 Å². The predicted molar refractivity (Wildman–Crippen MR) is 134 cm³/mol. The Bertz CT molecular complexity index is 694. The number of hydrogen-bond acceptors (Lipinski definition) is 6. The van der Waals surface area contributed by atoms with Gasteiger partial charge in [0.1, 0.15) is 0 Å². The molecule has 34 heavy (non-hydrogen) atoms. The van der Waals surface area contributed by atoms with Crippen molar-refractivity contribution in [3.8, 4) is 0 Å². The number of thioether (sulfide) groups is 1. The number of amides is 5. The Morgan fingerprint density at radius 1 is 0.912 bits per heavy atom. The van der Waals surface area contributed by atoms with Crippen molar-refractivity contribution in [1.29, 1.82) is 0 Å². The van der Waals surface area contributed by atoms with Crippen molar-refractivity contribution in [3.05, 3.63) is 0 Å². The molecule has 0 saturated carbocycles. The third kappa shape index (κ3) is 10.1. The van der Waals surface area contributed by atoms with Crippen LogP contribution in [0.15, 0.2) is 0 Å². The fourth-order valence-electron chi connectivity index (χ4n) is 4.44. The van der Waals surface area contributed by atoms with Crippen LogP contribution in [-0.2, 0) is 14.4 Å². The third-order valence-electron chi connectivity index (χ3n) is 6.45. The molecule has 2 saturated heterocycles. The second-order valence-corrected chi connectivity index (χ2v) is 10.7. The van der Waals surface area contributed by atoms with Crippen molar-refractivity contribution < 1.29 is 19.2 Å². The Balaban J connectivity index is 1.37. The normalized spacial score (nSPS) is 23.1.